The van der Waals surface area contributed by atoms with E-state index in [9.17, 15) is 0 Å². The number of nitrogens with one attached hydrogen (secondary N) is 2. The Balaban J connectivity index is 1.87. The third-order valence-electron chi connectivity index (χ3n) is 4.32. The Bertz CT molecular complexity index is 404. The van der Waals surface area contributed by atoms with Crippen LogP contribution in [0.1, 0.15) is 36.4 Å². The molecular formula is C14H21N3. The normalized spacial score (nSPS) is 36.8. The van der Waals surface area contributed by atoms with E-state index in [1.54, 1.807) is 0 Å². The number of aryl methyl sites for hydroxylation is 1. The fourth-order valence-corrected chi connectivity index (χ4v) is 3.33. The largest absolute Gasteiger partial charge is 0.328 e. The van der Waals surface area contributed by atoms with Crippen LogP contribution in [-0.4, -0.2) is 12.1 Å². The molecule has 0 spiro atoms. The van der Waals surface area contributed by atoms with E-state index in [4.69, 9.17) is 5.73 Å². The average Bonchev–Trinajstić information content (AvgIpc) is 2.72. The van der Waals surface area contributed by atoms with Gasteiger partial charge in [-0.25, -0.2) is 5.43 Å². The monoisotopic (exact) mass is 231 g/mol. The van der Waals surface area contributed by atoms with Gasteiger partial charge < -0.3 is 5.73 Å². The van der Waals surface area contributed by atoms with Crippen LogP contribution in [0.3, 0.4) is 0 Å². The molecule has 1 aromatic carbocycles. The van der Waals surface area contributed by atoms with Crippen molar-refractivity contribution in [2.75, 3.05) is 0 Å². The number of benzene rings is 1. The Morgan fingerprint density at radius 1 is 1.18 bits per heavy atom. The predicted octanol–water partition coefficient (Wildman–Crippen LogP) is 1.64. The lowest BCUT2D eigenvalue weighted by molar-refractivity contribution is 0.278. The van der Waals surface area contributed by atoms with Crippen molar-refractivity contribution in [3.05, 3.63) is 35.4 Å². The minimum atomic E-state index is 0.379. The van der Waals surface area contributed by atoms with Crippen molar-refractivity contribution in [3.8, 4) is 0 Å². The highest BCUT2D eigenvalue weighted by atomic mass is 15.4. The van der Waals surface area contributed by atoms with Crippen LogP contribution in [0.25, 0.3) is 0 Å². The van der Waals surface area contributed by atoms with Gasteiger partial charge in [-0.3, -0.25) is 5.43 Å². The Labute approximate surface area is 103 Å². The lowest BCUT2D eigenvalue weighted by Gasteiger charge is -2.31. The topological polar surface area (TPSA) is 50.1 Å². The lowest BCUT2D eigenvalue weighted by atomic mass is 9.77. The second-order valence-electron chi connectivity index (χ2n) is 5.47. The molecule has 2 fully saturated rings. The Morgan fingerprint density at radius 3 is 2.82 bits per heavy atom. The number of hydrogen-bond donors (Lipinski definition) is 3. The SMILES string of the molecule is Cc1ccccc1C1NNC2CCC(N)CC21. The van der Waals surface area contributed by atoms with Crippen molar-refractivity contribution < 1.29 is 0 Å². The van der Waals surface area contributed by atoms with E-state index in [0.717, 1.165) is 12.8 Å². The first-order valence-corrected chi connectivity index (χ1v) is 6.58. The molecule has 0 bridgehead atoms. The molecule has 3 heteroatoms. The van der Waals surface area contributed by atoms with Gasteiger partial charge in [-0.1, -0.05) is 24.3 Å². The van der Waals surface area contributed by atoms with Gasteiger partial charge in [0.25, 0.3) is 0 Å². The fraction of sp³-hybridized carbons (Fsp3) is 0.571. The highest BCUT2D eigenvalue weighted by molar-refractivity contribution is 5.30. The molecule has 1 aliphatic carbocycles. The second kappa shape index (κ2) is 4.41. The van der Waals surface area contributed by atoms with E-state index < -0.39 is 0 Å². The highest BCUT2D eigenvalue weighted by Gasteiger charge is 2.40. The summed E-state index contributed by atoms with van der Waals surface area (Å²) in [5.74, 6) is 0.639. The summed E-state index contributed by atoms with van der Waals surface area (Å²) >= 11 is 0. The lowest BCUT2D eigenvalue weighted by Crippen LogP contribution is -2.39. The van der Waals surface area contributed by atoms with Gasteiger partial charge >= 0.3 is 0 Å². The van der Waals surface area contributed by atoms with Crippen molar-refractivity contribution in [3.63, 3.8) is 0 Å². The molecule has 1 aromatic rings. The van der Waals surface area contributed by atoms with Crippen LogP contribution in [0.4, 0.5) is 0 Å². The van der Waals surface area contributed by atoms with E-state index in [1.807, 2.05) is 0 Å². The van der Waals surface area contributed by atoms with Gasteiger partial charge in [-0.05, 0) is 43.2 Å². The van der Waals surface area contributed by atoms with E-state index >= 15 is 0 Å². The maximum atomic E-state index is 6.11. The van der Waals surface area contributed by atoms with Crippen molar-refractivity contribution in [1.29, 1.82) is 0 Å². The van der Waals surface area contributed by atoms with E-state index in [-0.39, 0.29) is 0 Å². The minimum absolute atomic E-state index is 0.379. The summed E-state index contributed by atoms with van der Waals surface area (Å²) < 4.78 is 0. The zero-order valence-electron chi connectivity index (χ0n) is 10.3. The third kappa shape index (κ3) is 1.99. The van der Waals surface area contributed by atoms with Crippen molar-refractivity contribution >= 4 is 0 Å². The van der Waals surface area contributed by atoms with Gasteiger partial charge in [0.2, 0.25) is 0 Å². The van der Waals surface area contributed by atoms with Gasteiger partial charge in [0.15, 0.2) is 0 Å². The molecule has 1 aliphatic heterocycles. The van der Waals surface area contributed by atoms with Crippen LogP contribution < -0.4 is 16.6 Å². The summed E-state index contributed by atoms with van der Waals surface area (Å²) in [5, 5.41) is 0. The van der Waals surface area contributed by atoms with E-state index in [0.29, 0.717) is 24.0 Å². The van der Waals surface area contributed by atoms with Crippen LogP contribution in [0.2, 0.25) is 0 Å². The fourth-order valence-electron chi connectivity index (χ4n) is 3.33. The predicted molar refractivity (Wildman–Crippen MR) is 69.3 cm³/mol. The molecule has 1 heterocycles. The van der Waals surface area contributed by atoms with Crippen molar-refractivity contribution in [2.45, 2.75) is 44.3 Å². The molecule has 4 unspecified atom stereocenters. The Hall–Kier alpha value is -0.900. The number of fused-ring (bicyclic) bond motifs is 1. The molecule has 4 atom stereocenters. The minimum Gasteiger partial charge on any atom is -0.328 e. The van der Waals surface area contributed by atoms with Crippen LogP contribution in [0, 0.1) is 12.8 Å². The first-order chi connectivity index (χ1) is 8.25. The van der Waals surface area contributed by atoms with Gasteiger partial charge in [0.05, 0.1) is 6.04 Å². The first kappa shape index (κ1) is 11.2. The number of rotatable bonds is 1. The Morgan fingerprint density at radius 2 is 2.00 bits per heavy atom. The number of nitrogens with two attached hydrogens (primary N) is 1. The maximum Gasteiger partial charge on any atom is 0.0509 e. The molecule has 0 radical (unpaired) electrons. The zero-order chi connectivity index (χ0) is 11.8. The van der Waals surface area contributed by atoms with Gasteiger partial charge in [0, 0.05) is 12.1 Å². The standard InChI is InChI=1S/C14H21N3/c1-9-4-2-3-5-11(9)14-12-8-10(15)6-7-13(12)16-17-14/h2-5,10,12-14,16-17H,6-8,15H2,1H3. The molecule has 0 amide bonds. The smallest absolute Gasteiger partial charge is 0.0509 e. The molecule has 1 saturated carbocycles. The van der Waals surface area contributed by atoms with E-state index in [1.165, 1.54) is 17.5 Å². The summed E-state index contributed by atoms with van der Waals surface area (Å²) in [5.41, 5.74) is 15.8. The van der Waals surface area contributed by atoms with Crippen LogP contribution in [0.15, 0.2) is 24.3 Å². The molecular weight excluding hydrogens is 210 g/mol. The summed E-state index contributed by atoms with van der Waals surface area (Å²) in [6.45, 7) is 2.19. The zero-order valence-corrected chi connectivity index (χ0v) is 10.3. The molecule has 0 aromatic heterocycles. The molecule has 3 rings (SSSR count). The number of hydrazine groups is 1. The van der Waals surface area contributed by atoms with Gasteiger partial charge in [-0.2, -0.15) is 0 Å². The maximum absolute atomic E-state index is 6.11. The van der Waals surface area contributed by atoms with Gasteiger partial charge in [-0.15, -0.1) is 0 Å². The van der Waals surface area contributed by atoms with E-state index in [2.05, 4.69) is 42.0 Å². The summed E-state index contributed by atoms with van der Waals surface area (Å²) in [7, 11) is 0. The summed E-state index contributed by atoms with van der Waals surface area (Å²) in [4.78, 5) is 0. The van der Waals surface area contributed by atoms with Gasteiger partial charge in [0.1, 0.15) is 0 Å². The summed E-state index contributed by atoms with van der Waals surface area (Å²) in [6.07, 6.45) is 3.47. The quantitative estimate of drug-likeness (QED) is 0.688. The molecule has 3 nitrogen and oxygen atoms in total. The molecule has 17 heavy (non-hydrogen) atoms. The highest BCUT2D eigenvalue weighted by Crippen LogP contribution is 2.38. The van der Waals surface area contributed by atoms with Crippen LogP contribution in [0.5, 0.6) is 0 Å². The van der Waals surface area contributed by atoms with Crippen LogP contribution >= 0.6 is 0 Å². The third-order valence-corrected chi connectivity index (χ3v) is 4.32. The summed E-state index contributed by atoms with van der Waals surface area (Å²) in [6, 6.07) is 10.0. The average molecular weight is 231 g/mol. The Kier molecular flexibility index (Phi) is 2.90. The molecule has 2 aliphatic rings. The molecule has 1 saturated heterocycles. The van der Waals surface area contributed by atoms with Crippen LogP contribution in [-0.2, 0) is 0 Å². The first-order valence-electron chi connectivity index (χ1n) is 6.58. The molecule has 92 valence electrons. The molecule has 4 N–H and O–H groups in total. The second-order valence-corrected chi connectivity index (χ2v) is 5.47. The van der Waals surface area contributed by atoms with Crippen molar-refractivity contribution in [2.24, 2.45) is 11.7 Å². The van der Waals surface area contributed by atoms with Crippen molar-refractivity contribution in [1.82, 2.24) is 10.9 Å². The number of hydrogen-bond acceptors (Lipinski definition) is 3.